The summed E-state index contributed by atoms with van der Waals surface area (Å²) in [7, 11) is 0. The number of thioether (sulfide) groups is 1. The first kappa shape index (κ1) is 14.3. The summed E-state index contributed by atoms with van der Waals surface area (Å²) < 4.78 is 0. The lowest BCUT2D eigenvalue weighted by molar-refractivity contribution is 0.303. The molecule has 0 aromatic rings. The fourth-order valence-corrected chi connectivity index (χ4v) is 2.92. The van der Waals surface area contributed by atoms with Gasteiger partial charge in [0.05, 0.1) is 0 Å². The van der Waals surface area contributed by atoms with Gasteiger partial charge in [-0.3, -0.25) is 0 Å². The molecule has 85 valence electrons. The highest BCUT2D eigenvalue weighted by Crippen LogP contribution is 2.26. The van der Waals surface area contributed by atoms with Crippen LogP contribution in [-0.4, -0.2) is 11.5 Å². The molecule has 0 aliphatic heterocycles. The van der Waals surface area contributed by atoms with E-state index in [1.54, 1.807) is 0 Å². The molecule has 0 aromatic heterocycles. The van der Waals surface area contributed by atoms with Crippen LogP contribution in [-0.2, 0) is 0 Å². The fraction of sp³-hybridized carbons (Fsp3) is 0.923. The van der Waals surface area contributed by atoms with Crippen molar-refractivity contribution in [1.29, 1.82) is 0 Å². The first-order valence-electron chi connectivity index (χ1n) is 5.82. The van der Waals surface area contributed by atoms with E-state index in [4.69, 9.17) is 0 Å². The number of unbranched alkanes of at least 4 members (excludes halogenated alkanes) is 1. The molecule has 0 amide bonds. The lowest BCUT2D eigenvalue weighted by Gasteiger charge is -2.23. The van der Waals surface area contributed by atoms with E-state index >= 15 is 0 Å². The van der Waals surface area contributed by atoms with Gasteiger partial charge in [-0.25, -0.2) is 0 Å². The molecule has 0 heterocycles. The Morgan fingerprint density at radius 1 is 1.21 bits per heavy atom. The largest absolute Gasteiger partial charge is 0.162 e. The van der Waals surface area contributed by atoms with Crippen LogP contribution in [0, 0.1) is 18.3 Å². The fourth-order valence-electron chi connectivity index (χ4n) is 1.74. The van der Waals surface area contributed by atoms with Crippen LogP contribution in [0.25, 0.3) is 0 Å². The molecule has 0 bridgehead atoms. The summed E-state index contributed by atoms with van der Waals surface area (Å²) in [5, 5.41) is 0. The van der Waals surface area contributed by atoms with Gasteiger partial charge in [0.1, 0.15) is 0 Å². The van der Waals surface area contributed by atoms with Gasteiger partial charge in [-0.15, -0.1) is 0 Å². The molecule has 0 nitrogen and oxygen atoms in total. The van der Waals surface area contributed by atoms with E-state index < -0.39 is 0 Å². The Balaban J connectivity index is 3.31. The quantitative estimate of drug-likeness (QED) is 0.550. The van der Waals surface area contributed by atoms with E-state index in [1.807, 2.05) is 0 Å². The minimum Gasteiger partial charge on any atom is -0.162 e. The molecule has 14 heavy (non-hydrogen) atoms. The van der Waals surface area contributed by atoms with Crippen molar-refractivity contribution in [3.63, 3.8) is 0 Å². The molecule has 0 N–H and O–H groups in total. The van der Waals surface area contributed by atoms with E-state index in [2.05, 4.69) is 46.4 Å². The third-order valence-corrected chi connectivity index (χ3v) is 3.36. The highest BCUT2D eigenvalue weighted by atomic mass is 32.2. The molecular formula is C13H27S. The van der Waals surface area contributed by atoms with Crippen molar-refractivity contribution in [2.45, 2.75) is 53.4 Å². The van der Waals surface area contributed by atoms with E-state index in [1.165, 1.54) is 30.8 Å². The number of rotatable bonds is 7. The molecule has 0 rings (SSSR count). The van der Waals surface area contributed by atoms with Gasteiger partial charge in [0.15, 0.2) is 0 Å². The average Bonchev–Trinajstić information content (AvgIpc) is 2.00. The van der Waals surface area contributed by atoms with Crippen LogP contribution >= 0.6 is 11.8 Å². The van der Waals surface area contributed by atoms with Gasteiger partial charge in [-0.2, -0.15) is 11.8 Å². The molecule has 1 radical (unpaired) electrons. The Labute approximate surface area is 95.2 Å². The molecule has 0 saturated carbocycles. The summed E-state index contributed by atoms with van der Waals surface area (Å²) in [6.45, 7) is 13.2. The second-order valence-corrected chi connectivity index (χ2v) is 6.70. The number of hydrogen-bond donors (Lipinski definition) is 0. The Hall–Kier alpha value is 0.350. The highest BCUT2D eigenvalue weighted by molar-refractivity contribution is 7.99. The number of hydrogen-bond acceptors (Lipinski definition) is 1. The maximum Gasteiger partial charge on any atom is -0.00650 e. The summed E-state index contributed by atoms with van der Waals surface area (Å²) in [4.78, 5) is 0. The first-order chi connectivity index (χ1) is 6.45. The zero-order chi connectivity index (χ0) is 11.0. The molecule has 0 fully saturated rings. The molecule has 0 spiro atoms. The van der Waals surface area contributed by atoms with Crippen LogP contribution in [0.5, 0.6) is 0 Å². The van der Waals surface area contributed by atoms with Crippen molar-refractivity contribution >= 4 is 11.8 Å². The van der Waals surface area contributed by atoms with Crippen LogP contribution in [0.15, 0.2) is 0 Å². The third kappa shape index (κ3) is 10.4. The van der Waals surface area contributed by atoms with Gasteiger partial charge >= 0.3 is 0 Å². The third-order valence-electron chi connectivity index (χ3n) is 2.25. The maximum absolute atomic E-state index is 3.85. The molecular weight excluding hydrogens is 188 g/mol. The summed E-state index contributed by atoms with van der Waals surface area (Å²) in [5.41, 5.74) is 0.497. The van der Waals surface area contributed by atoms with Gasteiger partial charge in [0, 0.05) is 0 Å². The molecule has 1 unspecified atom stereocenters. The summed E-state index contributed by atoms with van der Waals surface area (Å²) >= 11 is 2.09. The van der Waals surface area contributed by atoms with E-state index in [0.717, 1.165) is 12.3 Å². The Morgan fingerprint density at radius 3 is 2.36 bits per heavy atom. The standard InChI is InChI=1S/C13H27S/c1-6-7-9-14-10-8-12(2)11-13(3,4)5/h12H,1,6-11H2,2-5H3. The monoisotopic (exact) mass is 215 g/mol. The van der Waals surface area contributed by atoms with Crippen LogP contribution in [0.2, 0.25) is 0 Å². The Morgan fingerprint density at radius 2 is 1.86 bits per heavy atom. The normalized spacial score (nSPS) is 14.4. The van der Waals surface area contributed by atoms with Crippen molar-refractivity contribution in [3.8, 4) is 0 Å². The van der Waals surface area contributed by atoms with Crippen LogP contribution < -0.4 is 0 Å². The zero-order valence-electron chi connectivity index (χ0n) is 10.4. The SMILES string of the molecule is [CH2]CCCSCCC(C)CC(C)(C)C. The average molecular weight is 215 g/mol. The minimum atomic E-state index is 0.497. The zero-order valence-corrected chi connectivity index (χ0v) is 11.3. The predicted octanol–water partition coefficient (Wildman–Crippen LogP) is 4.80. The van der Waals surface area contributed by atoms with Gasteiger partial charge < -0.3 is 0 Å². The summed E-state index contributed by atoms with van der Waals surface area (Å²) in [5.74, 6) is 3.51. The van der Waals surface area contributed by atoms with E-state index in [0.29, 0.717) is 5.41 Å². The summed E-state index contributed by atoms with van der Waals surface area (Å²) in [6.07, 6.45) is 5.09. The highest BCUT2D eigenvalue weighted by Gasteiger charge is 2.14. The molecule has 0 saturated heterocycles. The summed E-state index contributed by atoms with van der Waals surface area (Å²) in [6, 6.07) is 0. The van der Waals surface area contributed by atoms with Crippen molar-refractivity contribution in [1.82, 2.24) is 0 Å². The maximum atomic E-state index is 3.85. The van der Waals surface area contributed by atoms with E-state index in [-0.39, 0.29) is 0 Å². The molecule has 1 atom stereocenters. The molecule has 0 aliphatic carbocycles. The lowest BCUT2D eigenvalue weighted by atomic mass is 9.84. The molecule has 0 aliphatic rings. The second kappa shape index (κ2) is 7.62. The van der Waals surface area contributed by atoms with Gasteiger partial charge in [-0.05, 0) is 42.1 Å². The van der Waals surface area contributed by atoms with Crippen molar-refractivity contribution in [2.75, 3.05) is 11.5 Å². The minimum absolute atomic E-state index is 0.497. The van der Waals surface area contributed by atoms with Gasteiger partial charge in [0.2, 0.25) is 0 Å². The van der Waals surface area contributed by atoms with Crippen LogP contribution in [0.3, 0.4) is 0 Å². The molecule has 0 aromatic carbocycles. The first-order valence-corrected chi connectivity index (χ1v) is 6.98. The predicted molar refractivity (Wildman–Crippen MR) is 69.8 cm³/mol. The van der Waals surface area contributed by atoms with Crippen LogP contribution in [0.4, 0.5) is 0 Å². The van der Waals surface area contributed by atoms with Crippen LogP contribution in [0.1, 0.15) is 53.4 Å². The Bertz CT molecular complexity index is 124. The van der Waals surface area contributed by atoms with Crippen molar-refractivity contribution < 1.29 is 0 Å². The second-order valence-electron chi connectivity index (χ2n) is 5.48. The van der Waals surface area contributed by atoms with E-state index in [9.17, 15) is 0 Å². The Kier molecular flexibility index (Phi) is 7.81. The lowest BCUT2D eigenvalue weighted by Crippen LogP contribution is -2.11. The van der Waals surface area contributed by atoms with Crippen molar-refractivity contribution in [2.24, 2.45) is 11.3 Å². The van der Waals surface area contributed by atoms with Crippen molar-refractivity contribution in [3.05, 3.63) is 6.92 Å². The topological polar surface area (TPSA) is 0 Å². The van der Waals surface area contributed by atoms with Gasteiger partial charge in [-0.1, -0.05) is 41.0 Å². The van der Waals surface area contributed by atoms with Gasteiger partial charge in [0.25, 0.3) is 0 Å². The molecule has 1 heteroatoms. The smallest absolute Gasteiger partial charge is 0.00650 e.